The van der Waals surface area contributed by atoms with Crippen molar-refractivity contribution < 1.29 is 4.79 Å². The zero-order valence-electron chi connectivity index (χ0n) is 9.60. The first-order valence-electron chi connectivity index (χ1n) is 5.70. The Balaban J connectivity index is 2.05. The molecule has 0 bridgehead atoms. The molecule has 1 aromatic carbocycles. The molecule has 3 rings (SSSR count). The highest BCUT2D eigenvalue weighted by Gasteiger charge is 2.21. The molecule has 1 aromatic heterocycles. The summed E-state index contributed by atoms with van der Waals surface area (Å²) in [6.45, 7) is 2.05. The highest BCUT2D eigenvalue weighted by Crippen LogP contribution is 2.22. The molecule has 0 fully saturated rings. The van der Waals surface area contributed by atoms with Gasteiger partial charge >= 0.3 is 0 Å². The molecule has 0 amide bonds. The van der Waals surface area contributed by atoms with Crippen molar-refractivity contribution in [1.29, 1.82) is 0 Å². The van der Waals surface area contributed by atoms with Gasteiger partial charge in [0.15, 0.2) is 11.6 Å². The number of Topliss-reactive ketones (excluding diaryl/α,β-unsaturated/α-hetero) is 1. The molecule has 0 unspecified atom stereocenters. The Morgan fingerprint density at radius 3 is 2.65 bits per heavy atom. The lowest BCUT2D eigenvalue weighted by Gasteiger charge is -2.02. The molecule has 0 radical (unpaired) electrons. The first-order valence-corrected chi connectivity index (χ1v) is 5.70. The molecule has 17 heavy (non-hydrogen) atoms. The summed E-state index contributed by atoms with van der Waals surface area (Å²) in [4.78, 5) is 20.2. The Hall–Kier alpha value is -2.03. The molecular weight excluding hydrogens is 212 g/mol. The van der Waals surface area contributed by atoms with Crippen LogP contribution < -0.4 is 0 Å². The van der Waals surface area contributed by atoms with Crippen LogP contribution >= 0.6 is 0 Å². The highest BCUT2D eigenvalue weighted by molar-refractivity contribution is 5.99. The van der Waals surface area contributed by atoms with Gasteiger partial charge in [0.25, 0.3) is 0 Å². The highest BCUT2D eigenvalue weighted by atomic mass is 16.1. The van der Waals surface area contributed by atoms with E-state index in [0.29, 0.717) is 17.8 Å². The molecule has 2 aromatic rings. The van der Waals surface area contributed by atoms with E-state index in [1.54, 1.807) is 6.20 Å². The first kappa shape index (κ1) is 10.1. The molecular formula is C14H12N2O. The first-order chi connectivity index (χ1) is 8.24. The second-order valence-electron chi connectivity index (χ2n) is 4.34. The third-order valence-corrected chi connectivity index (χ3v) is 3.07. The average molecular weight is 224 g/mol. The lowest BCUT2D eigenvalue weighted by molar-refractivity contribution is 0.0994. The molecule has 0 spiro atoms. The predicted octanol–water partition coefficient (Wildman–Crippen LogP) is 2.58. The number of aryl methyl sites for hydroxylation is 2. The van der Waals surface area contributed by atoms with E-state index in [9.17, 15) is 4.79 Å². The summed E-state index contributed by atoms with van der Waals surface area (Å²) in [5.74, 6) is 0.869. The zero-order valence-corrected chi connectivity index (χ0v) is 9.60. The van der Waals surface area contributed by atoms with Gasteiger partial charge in [0, 0.05) is 18.2 Å². The lowest BCUT2D eigenvalue weighted by Crippen LogP contribution is -1.97. The van der Waals surface area contributed by atoms with Crippen LogP contribution in [0.1, 0.15) is 28.0 Å². The number of carbonyl (C=O) groups is 1. The van der Waals surface area contributed by atoms with Gasteiger partial charge < -0.3 is 0 Å². The quantitative estimate of drug-likeness (QED) is 0.747. The number of rotatable bonds is 1. The Bertz CT molecular complexity index is 588. The molecule has 3 nitrogen and oxygen atoms in total. The van der Waals surface area contributed by atoms with Crippen molar-refractivity contribution in [3.8, 4) is 11.4 Å². The summed E-state index contributed by atoms with van der Waals surface area (Å²) in [5.41, 5.74) is 3.80. The van der Waals surface area contributed by atoms with Gasteiger partial charge in [0.1, 0.15) is 0 Å². The number of ketones is 1. The Morgan fingerprint density at radius 1 is 1.12 bits per heavy atom. The molecule has 1 aliphatic rings. The van der Waals surface area contributed by atoms with E-state index >= 15 is 0 Å². The normalized spacial score (nSPS) is 13.8. The Morgan fingerprint density at radius 2 is 1.88 bits per heavy atom. The molecule has 0 atom stereocenters. The van der Waals surface area contributed by atoms with Crippen LogP contribution in [0.25, 0.3) is 11.4 Å². The number of carbonyl (C=O) groups excluding carboxylic acids is 1. The molecule has 84 valence electrons. The minimum atomic E-state index is 0.162. The van der Waals surface area contributed by atoms with Gasteiger partial charge in [-0.3, -0.25) is 4.79 Å². The molecule has 1 aliphatic carbocycles. The van der Waals surface area contributed by atoms with E-state index in [-0.39, 0.29) is 5.78 Å². The van der Waals surface area contributed by atoms with Crippen molar-refractivity contribution in [3.05, 3.63) is 47.3 Å². The van der Waals surface area contributed by atoms with Gasteiger partial charge in [-0.25, -0.2) is 9.97 Å². The van der Waals surface area contributed by atoms with Gasteiger partial charge in [0.2, 0.25) is 0 Å². The summed E-state index contributed by atoms with van der Waals surface area (Å²) in [7, 11) is 0. The maximum absolute atomic E-state index is 11.5. The number of nitrogens with zero attached hydrogens (tertiary/aromatic N) is 2. The van der Waals surface area contributed by atoms with Gasteiger partial charge in [0.05, 0.1) is 11.3 Å². The van der Waals surface area contributed by atoms with Crippen LogP contribution in [-0.2, 0) is 6.42 Å². The van der Waals surface area contributed by atoms with Gasteiger partial charge in [-0.2, -0.15) is 0 Å². The van der Waals surface area contributed by atoms with Crippen molar-refractivity contribution in [1.82, 2.24) is 9.97 Å². The smallest absolute Gasteiger partial charge is 0.166 e. The minimum Gasteiger partial charge on any atom is -0.294 e. The largest absolute Gasteiger partial charge is 0.294 e. The molecule has 0 aliphatic heterocycles. The molecule has 0 saturated carbocycles. The summed E-state index contributed by atoms with van der Waals surface area (Å²) in [5, 5.41) is 0. The predicted molar refractivity (Wildman–Crippen MR) is 64.9 cm³/mol. The van der Waals surface area contributed by atoms with E-state index in [0.717, 1.165) is 17.7 Å². The number of hydrogen-bond acceptors (Lipinski definition) is 3. The van der Waals surface area contributed by atoms with Crippen molar-refractivity contribution >= 4 is 5.78 Å². The third kappa shape index (κ3) is 1.73. The van der Waals surface area contributed by atoms with E-state index in [1.165, 1.54) is 5.56 Å². The van der Waals surface area contributed by atoms with Crippen LogP contribution in [0.5, 0.6) is 0 Å². The van der Waals surface area contributed by atoms with Crippen LogP contribution in [0, 0.1) is 6.92 Å². The fourth-order valence-electron chi connectivity index (χ4n) is 2.05. The zero-order chi connectivity index (χ0) is 11.8. The van der Waals surface area contributed by atoms with Gasteiger partial charge in [-0.1, -0.05) is 29.8 Å². The van der Waals surface area contributed by atoms with Gasteiger partial charge in [-0.15, -0.1) is 0 Å². The van der Waals surface area contributed by atoms with Crippen LogP contribution in [0.3, 0.4) is 0 Å². The summed E-state index contributed by atoms with van der Waals surface area (Å²) in [6, 6.07) is 8.09. The Labute approximate surface area is 99.5 Å². The average Bonchev–Trinajstić information content (AvgIpc) is 2.72. The van der Waals surface area contributed by atoms with Crippen LogP contribution in [-0.4, -0.2) is 15.8 Å². The maximum atomic E-state index is 11.5. The van der Waals surface area contributed by atoms with E-state index in [1.807, 2.05) is 31.2 Å². The monoisotopic (exact) mass is 224 g/mol. The van der Waals surface area contributed by atoms with Crippen LogP contribution in [0.4, 0.5) is 0 Å². The number of aromatic nitrogens is 2. The fraction of sp³-hybridized carbons (Fsp3) is 0.214. The number of fused-ring (bicyclic) bond motifs is 1. The van der Waals surface area contributed by atoms with E-state index in [4.69, 9.17) is 0 Å². The Kier molecular flexibility index (Phi) is 2.25. The maximum Gasteiger partial charge on any atom is 0.166 e. The van der Waals surface area contributed by atoms with Crippen molar-refractivity contribution in [2.75, 3.05) is 0 Å². The van der Waals surface area contributed by atoms with Crippen LogP contribution in [0.2, 0.25) is 0 Å². The molecule has 3 heteroatoms. The van der Waals surface area contributed by atoms with E-state index in [2.05, 4.69) is 9.97 Å². The van der Waals surface area contributed by atoms with Crippen molar-refractivity contribution in [3.63, 3.8) is 0 Å². The van der Waals surface area contributed by atoms with Crippen LogP contribution in [0.15, 0.2) is 30.5 Å². The second kappa shape index (κ2) is 3.77. The van der Waals surface area contributed by atoms with Gasteiger partial charge in [-0.05, 0) is 13.3 Å². The second-order valence-corrected chi connectivity index (χ2v) is 4.34. The molecule has 1 heterocycles. The third-order valence-electron chi connectivity index (χ3n) is 3.07. The SMILES string of the molecule is Cc1ccc(-c2ncc3c(n2)CCC3=O)cc1. The summed E-state index contributed by atoms with van der Waals surface area (Å²) in [6.07, 6.45) is 2.98. The summed E-state index contributed by atoms with van der Waals surface area (Å²) >= 11 is 0. The standard InChI is InChI=1S/C14H12N2O/c1-9-2-4-10(5-3-9)14-15-8-11-12(16-14)6-7-13(11)17/h2-5,8H,6-7H2,1H3. The minimum absolute atomic E-state index is 0.162. The summed E-state index contributed by atoms with van der Waals surface area (Å²) < 4.78 is 0. The topological polar surface area (TPSA) is 42.9 Å². The van der Waals surface area contributed by atoms with E-state index < -0.39 is 0 Å². The van der Waals surface area contributed by atoms with Crippen molar-refractivity contribution in [2.45, 2.75) is 19.8 Å². The number of hydrogen-bond donors (Lipinski definition) is 0. The molecule has 0 N–H and O–H groups in total. The lowest BCUT2D eigenvalue weighted by atomic mass is 10.1. The van der Waals surface area contributed by atoms with Crippen molar-refractivity contribution in [2.24, 2.45) is 0 Å². The fourth-order valence-corrected chi connectivity index (χ4v) is 2.05. The molecule has 0 saturated heterocycles. The number of benzene rings is 1.